The van der Waals surface area contributed by atoms with Crippen molar-refractivity contribution >= 4 is 75.7 Å². The van der Waals surface area contributed by atoms with Gasteiger partial charge < -0.3 is 20.7 Å². The second-order valence-corrected chi connectivity index (χ2v) is 12.9. The fourth-order valence-electron chi connectivity index (χ4n) is 4.25. The number of halogens is 4. The normalized spacial score (nSPS) is 17.5. The lowest BCUT2D eigenvalue weighted by atomic mass is 10.1. The van der Waals surface area contributed by atoms with Gasteiger partial charge in [0.05, 0.1) is 5.92 Å². The van der Waals surface area contributed by atoms with Crippen molar-refractivity contribution in [1.82, 2.24) is 5.32 Å². The van der Waals surface area contributed by atoms with E-state index >= 15 is 0 Å². The lowest BCUT2D eigenvalue weighted by Gasteiger charge is -2.20. The van der Waals surface area contributed by atoms with E-state index in [2.05, 4.69) is 16.0 Å². The summed E-state index contributed by atoms with van der Waals surface area (Å²) in [7, 11) is 0. The van der Waals surface area contributed by atoms with Crippen LogP contribution in [0.25, 0.3) is 0 Å². The third-order valence-corrected chi connectivity index (χ3v) is 7.48. The van der Waals surface area contributed by atoms with E-state index in [0.29, 0.717) is 43.9 Å². The second kappa shape index (κ2) is 11.5. The first-order valence-electron chi connectivity index (χ1n) is 12.3. The van der Waals surface area contributed by atoms with E-state index in [-0.39, 0.29) is 5.91 Å². The Morgan fingerprint density at radius 2 is 1.57 bits per heavy atom. The van der Waals surface area contributed by atoms with Crippen LogP contribution in [0.15, 0.2) is 60.7 Å². The highest BCUT2D eigenvalue weighted by atomic mass is 35.5. The first kappa shape index (κ1) is 30.0. The van der Waals surface area contributed by atoms with Crippen molar-refractivity contribution in [2.45, 2.75) is 43.5 Å². The number of benzene rings is 3. The van der Waals surface area contributed by atoms with Gasteiger partial charge in [0, 0.05) is 38.4 Å². The number of anilines is 2. The summed E-state index contributed by atoms with van der Waals surface area (Å²) in [4.78, 5) is 38.1. The molecule has 1 fully saturated rings. The summed E-state index contributed by atoms with van der Waals surface area (Å²) in [5.74, 6) is -1.68. The molecular formula is C29H27Cl4N3O4. The van der Waals surface area contributed by atoms with Crippen LogP contribution in [0.2, 0.25) is 10.0 Å². The Morgan fingerprint density at radius 3 is 2.20 bits per heavy atom. The fraction of sp³-hybridized carbons (Fsp3) is 0.276. The Balaban J connectivity index is 1.41. The molecule has 3 aromatic rings. The summed E-state index contributed by atoms with van der Waals surface area (Å²) in [6, 6.07) is 16.3. The maximum absolute atomic E-state index is 13.1. The molecule has 2 unspecified atom stereocenters. The SMILES string of the molecule is Cc1cc(OC(=O)NC(C)(C)C)ccc1NC(=O)c1cccc(NC(=O)C2C(c3cc(Cl)cc(Cl)c3)C2(Cl)Cl)c1. The van der Waals surface area contributed by atoms with Crippen LogP contribution in [0.1, 0.15) is 48.2 Å². The lowest BCUT2D eigenvalue weighted by Crippen LogP contribution is -2.42. The number of aryl methyl sites for hydroxylation is 1. The molecule has 40 heavy (non-hydrogen) atoms. The number of hydrogen-bond acceptors (Lipinski definition) is 4. The van der Waals surface area contributed by atoms with E-state index in [9.17, 15) is 14.4 Å². The first-order valence-corrected chi connectivity index (χ1v) is 13.8. The number of amides is 3. The fourth-order valence-corrected chi connectivity index (χ4v) is 5.62. The van der Waals surface area contributed by atoms with E-state index in [1.54, 1.807) is 67.6 Å². The Hall–Kier alpha value is -2.97. The average Bonchev–Trinajstić information content (AvgIpc) is 3.41. The largest absolute Gasteiger partial charge is 0.413 e. The highest BCUT2D eigenvalue weighted by molar-refractivity contribution is 6.53. The first-order chi connectivity index (χ1) is 18.6. The second-order valence-electron chi connectivity index (χ2n) is 10.6. The highest BCUT2D eigenvalue weighted by Crippen LogP contribution is 2.65. The molecule has 0 spiro atoms. The van der Waals surface area contributed by atoms with Crippen LogP contribution in [0.3, 0.4) is 0 Å². The van der Waals surface area contributed by atoms with Crippen LogP contribution in [0.5, 0.6) is 5.75 Å². The number of hydrogen-bond donors (Lipinski definition) is 3. The molecule has 0 bridgehead atoms. The predicted molar refractivity (Wildman–Crippen MR) is 160 cm³/mol. The quantitative estimate of drug-likeness (QED) is 0.243. The molecule has 3 aromatic carbocycles. The van der Waals surface area contributed by atoms with E-state index < -0.39 is 33.7 Å². The standard InChI is InChI=1S/C29H27Cl4N3O4/c1-15-10-21(40-27(39)36-28(2,3)4)8-9-22(15)35-25(37)16-6-5-7-20(13-16)34-26(38)24-23(29(24,32)33)17-11-18(30)14-19(31)12-17/h5-14,23-24H,1-4H3,(H,34,38)(H,35,37)(H,36,39). The Morgan fingerprint density at radius 1 is 0.900 bits per heavy atom. The number of rotatable bonds is 6. The maximum Gasteiger partial charge on any atom is 0.413 e. The summed E-state index contributed by atoms with van der Waals surface area (Å²) in [5, 5.41) is 9.18. The molecule has 3 N–H and O–H groups in total. The minimum Gasteiger partial charge on any atom is -0.410 e. The summed E-state index contributed by atoms with van der Waals surface area (Å²) in [6.45, 7) is 7.33. The van der Waals surface area contributed by atoms with Crippen molar-refractivity contribution in [3.63, 3.8) is 0 Å². The Bertz CT molecular complexity index is 1470. The van der Waals surface area contributed by atoms with Crippen molar-refractivity contribution in [3.8, 4) is 5.75 Å². The summed E-state index contributed by atoms with van der Waals surface area (Å²) < 4.78 is 3.99. The van der Waals surface area contributed by atoms with Crippen LogP contribution in [-0.2, 0) is 4.79 Å². The molecule has 0 saturated heterocycles. The molecule has 210 valence electrons. The zero-order valence-corrected chi connectivity index (χ0v) is 25.1. The van der Waals surface area contributed by atoms with E-state index in [4.69, 9.17) is 51.1 Å². The van der Waals surface area contributed by atoms with Crippen LogP contribution >= 0.6 is 46.4 Å². The molecular weight excluding hydrogens is 596 g/mol. The lowest BCUT2D eigenvalue weighted by molar-refractivity contribution is -0.117. The molecule has 0 heterocycles. The highest BCUT2D eigenvalue weighted by Gasteiger charge is 2.67. The Labute approximate surface area is 252 Å². The van der Waals surface area contributed by atoms with Crippen LogP contribution in [0.4, 0.5) is 16.2 Å². The molecule has 1 aliphatic rings. The van der Waals surface area contributed by atoms with Gasteiger partial charge in [-0.15, -0.1) is 23.2 Å². The summed E-state index contributed by atoms with van der Waals surface area (Å²) in [5.41, 5.74) is 2.19. The zero-order valence-electron chi connectivity index (χ0n) is 22.1. The molecule has 1 aliphatic carbocycles. The summed E-state index contributed by atoms with van der Waals surface area (Å²) >= 11 is 25.1. The van der Waals surface area contributed by atoms with Gasteiger partial charge in [-0.1, -0.05) is 29.3 Å². The van der Waals surface area contributed by atoms with Gasteiger partial charge in [0.1, 0.15) is 10.1 Å². The van der Waals surface area contributed by atoms with Gasteiger partial charge in [-0.3, -0.25) is 9.59 Å². The van der Waals surface area contributed by atoms with Gasteiger partial charge in [-0.05, 0) is 93.4 Å². The van der Waals surface area contributed by atoms with Crippen molar-refractivity contribution in [1.29, 1.82) is 0 Å². The van der Waals surface area contributed by atoms with Gasteiger partial charge in [0.2, 0.25) is 5.91 Å². The van der Waals surface area contributed by atoms with Crippen molar-refractivity contribution in [2.75, 3.05) is 10.6 Å². The molecule has 2 atom stereocenters. The molecule has 7 nitrogen and oxygen atoms in total. The van der Waals surface area contributed by atoms with Gasteiger partial charge in [0.15, 0.2) is 0 Å². The predicted octanol–water partition coefficient (Wildman–Crippen LogP) is 7.97. The van der Waals surface area contributed by atoms with E-state index in [1.807, 2.05) is 20.8 Å². The van der Waals surface area contributed by atoms with Crippen molar-refractivity contribution in [2.24, 2.45) is 5.92 Å². The Kier molecular flexibility index (Phi) is 8.62. The topological polar surface area (TPSA) is 96.5 Å². The molecule has 3 amide bonds. The monoisotopic (exact) mass is 621 g/mol. The zero-order chi connectivity index (χ0) is 29.4. The van der Waals surface area contributed by atoms with E-state index in [0.717, 1.165) is 0 Å². The maximum atomic E-state index is 13.1. The van der Waals surface area contributed by atoms with Crippen LogP contribution in [0, 0.1) is 12.8 Å². The van der Waals surface area contributed by atoms with E-state index in [1.165, 1.54) is 0 Å². The number of nitrogens with one attached hydrogen (secondary N) is 3. The number of carbonyl (C=O) groups is 3. The van der Waals surface area contributed by atoms with Gasteiger partial charge in [0.25, 0.3) is 5.91 Å². The molecule has 4 rings (SSSR count). The van der Waals surface area contributed by atoms with Crippen molar-refractivity contribution < 1.29 is 19.1 Å². The number of ether oxygens (including phenoxy) is 1. The smallest absolute Gasteiger partial charge is 0.410 e. The summed E-state index contributed by atoms with van der Waals surface area (Å²) in [6.07, 6.45) is -0.572. The molecule has 1 saturated carbocycles. The molecule has 0 radical (unpaired) electrons. The number of alkyl halides is 2. The van der Waals surface area contributed by atoms with Crippen LogP contribution in [-0.4, -0.2) is 27.8 Å². The van der Waals surface area contributed by atoms with Gasteiger partial charge in [-0.25, -0.2) is 4.79 Å². The van der Waals surface area contributed by atoms with Gasteiger partial charge >= 0.3 is 6.09 Å². The van der Waals surface area contributed by atoms with Crippen molar-refractivity contribution in [3.05, 3.63) is 87.4 Å². The van der Waals surface area contributed by atoms with Crippen LogP contribution < -0.4 is 20.7 Å². The average molecular weight is 623 g/mol. The minimum absolute atomic E-state index is 0.319. The number of carbonyl (C=O) groups excluding carboxylic acids is 3. The molecule has 0 aromatic heterocycles. The third kappa shape index (κ3) is 7.21. The molecule has 0 aliphatic heterocycles. The molecule has 11 heteroatoms. The third-order valence-electron chi connectivity index (χ3n) is 6.11. The van der Waals surface area contributed by atoms with Gasteiger partial charge in [-0.2, -0.15) is 0 Å². The minimum atomic E-state index is -1.33.